The van der Waals surface area contributed by atoms with Crippen LogP contribution in [0.3, 0.4) is 0 Å². The molecule has 2 aromatic rings. The third-order valence-corrected chi connectivity index (χ3v) is 5.21. The van der Waals surface area contributed by atoms with Gasteiger partial charge in [-0.1, -0.05) is 12.1 Å². The molecule has 0 aliphatic carbocycles. The van der Waals surface area contributed by atoms with Gasteiger partial charge in [-0.3, -0.25) is 14.8 Å². The number of esters is 1. The summed E-state index contributed by atoms with van der Waals surface area (Å²) in [6.45, 7) is 4.68. The van der Waals surface area contributed by atoms with Crippen LogP contribution in [0.5, 0.6) is 0 Å². The van der Waals surface area contributed by atoms with Gasteiger partial charge < -0.3 is 10.1 Å². The Kier molecular flexibility index (Phi) is 7.70. The average molecular weight is 451 g/mol. The standard InChI is InChI=1S/C20H22FN3O6S/c1-12(2)22-20(27)23-18(25)13(3)30-19(26)16-6-4-5-7-17(16)24-31(28,29)15-10-8-14(21)9-11-15/h4-13,24H,1-3H3,(H2,22,23,25,27). The van der Waals surface area contributed by atoms with Crippen LogP contribution in [0.25, 0.3) is 0 Å². The molecule has 1 atom stereocenters. The summed E-state index contributed by atoms with van der Waals surface area (Å²) in [5, 5.41) is 4.49. The first-order valence-corrected chi connectivity index (χ1v) is 10.7. The Bertz CT molecular complexity index is 1070. The van der Waals surface area contributed by atoms with Crippen molar-refractivity contribution in [3.8, 4) is 0 Å². The number of halogens is 1. The number of para-hydroxylation sites is 1. The molecule has 2 rings (SSSR count). The zero-order chi connectivity index (χ0) is 23.2. The van der Waals surface area contributed by atoms with E-state index in [0.717, 1.165) is 24.3 Å². The van der Waals surface area contributed by atoms with E-state index in [0.29, 0.717) is 0 Å². The van der Waals surface area contributed by atoms with Crippen LogP contribution in [0, 0.1) is 5.82 Å². The van der Waals surface area contributed by atoms with E-state index in [4.69, 9.17) is 4.74 Å². The molecule has 11 heteroatoms. The minimum atomic E-state index is -4.12. The van der Waals surface area contributed by atoms with Crippen molar-refractivity contribution in [2.24, 2.45) is 0 Å². The van der Waals surface area contributed by atoms with Crippen molar-refractivity contribution in [2.75, 3.05) is 4.72 Å². The molecule has 1 unspecified atom stereocenters. The molecule has 0 bridgehead atoms. The van der Waals surface area contributed by atoms with Crippen molar-refractivity contribution in [3.63, 3.8) is 0 Å². The highest BCUT2D eigenvalue weighted by Gasteiger charge is 2.24. The fraction of sp³-hybridized carbons (Fsp3) is 0.250. The molecule has 31 heavy (non-hydrogen) atoms. The maximum absolute atomic E-state index is 13.1. The molecule has 0 spiro atoms. The Morgan fingerprint density at radius 3 is 2.19 bits per heavy atom. The zero-order valence-electron chi connectivity index (χ0n) is 17.0. The first kappa shape index (κ1) is 23.8. The summed E-state index contributed by atoms with van der Waals surface area (Å²) in [7, 11) is -4.12. The smallest absolute Gasteiger partial charge is 0.341 e. The minimum Gasteiger partial charge on any atom is -0.449 e. The zero-order valence-corrected chi connectivity index (χ0v) is 17.8. The molecule has 0 radical (unpaired) electrons. The first-order valence-electron chi connectivity index (χ1n) is 9.19. The van der Waals surface area contributed by atoms with E-state index in [1.54, 1.807) is 13.8 Å². The Labute approximate surface area is 179 Å². The fourth-order valence-corrected chi connectivity index (χ4v) is 3.44. The normalized spacial score (nSPS) is 12.0. The van der Waals surface area contributed by atoms with Crippen molar-refractivity contribution in [3.05, 3.63) is 59.9 Å². The molecule has 0 aliphatic heterocycles. The van der Waals surface area contributed by atoms with Crippen LogP contribution in [0.1, 0.15) is 31.1 Å². The maximum atomic E-state index is 13.1. The molecule has 0 aliphatic rings. The number of nitrogens with one attached hydrogen (secondary N) is 3. The summed E-state index contributed by atoms with van der Waals surface area (Å²) >= 11 is 0. The quantitative estimate of drug-likeness (QED) is 0.554. The second kappa shape index (κ2) is 10.0. The molecule has 0 saturated heterocycles. The lowest BCUT2D eigenvalue weighted by Crippen LogP contribution is -2.46. The number of carbonyl (C=O) groups excluding carboxylic acids is 3. The molecule has 3 amide bonds. The molecule has 0 fully saturated rings. The van der Waals surface area contributed by atoms with Crippen LogP contribution in [-0.2, 0) is 19.6 Å². The molecule has 9 nitrogen and oxygen atoms in total. The maximum Gasteiger partial charge on any atom is 0.341 e. The summed E-state index contributed by atoms with van der Waals surface area (Å²) in [4.78, 5) is 36.0. The van der Waals surface area contributed by atoms with E-state index < -0.39 is 39.9 Å². The Balaban J connectivity index is 2.13. The van der Waals surface area contributed by atoms with Gasteiger partial charge in [-0.15, -0.1) is 0 Å². The van der Waals surface area contributed by atoms with E-state index in [-0.39, 0.29) is 22.2 Å². The average Bonchev–Trinajstić information content (AvgIpc) is 2.67. The number of carbonyl (C=O) groups is 3. The van der Waals surface area contributed by atoms with Gasteiger partial charge in [0.25, 0.3) is 15.9 Å². The van der Waals surface area contributed by atoms with Crippen molar-refractivity contribution in [2.45, 2.75) is 37.8 Å². The molecule has 166 valence electrons. The molecular weight excluding hydrogens is 429 g/mol. The second-order valence-corrected chi connectivity index (χ2v) is 8.45. The van der Waals surface area contributed by atoms with Crippen molar-refractivity contribution in [1.29, 1.82) is 0 Å². The lowest BCUT2D eigenvalue weighted by atomic mass is 10.2. The number of ether oxygens (including phenoxy) is 1. The number of benzene rings is 2. The molecule has 0 heterocycles. The monoisotopic (exact) mass is 451 g/mol. The van der Waals surface area contributed by atoms with E-state index in [1.165, 1.54) is 31.2 Å². The van der Waals surface area contributed by atoms with Gasteiger partial charge >= 0.3 is 12.0 Å². The van der Waals surface area contributed by atoms with Gasteiger partial charge in [0.2, 0.25) is 0 Å². The Morgan fingerprint density at radius 2 is 1.58 bits per heavy atom. The third-order valence-electron chi connectivity index (χ3n) is 3.82. The Hall–Kier alpha value is -3.47. The van der Waals surface area contributed by atoms with E-state index in [1.807, 2.05) is 5.32 Å². The van der Waals surface area contributed by atoms with Crippen LogP contribution in [0.2, 0.25) is 0 Å². The number of amides is 3. The lowest BCUT2D eigenvalue weighted by Gasteiger charge is -2.16. The topological polar surface area (TPSA) is 131 Å². The fourth-order valence-electron chi connectivity index (χ4n) is 2.36. The number of hydrogen-bond donors (Lipinski definition) is 3. The number of anilines is 1. The van der Waals surface area contributed by atoms with Gasteiger partial charge in [0.15, 0.2) is 6.10 Å². The summed E-state index contributed by atoms with van der Waals surface area (Å²) in [5.74, 6) is -2.43. The van der Waals surface area contributed by atoms with Crippen LogP contribution >= 0.6 is 0 Å². The van der Waals surface area contributed by atoms with Crippen LogP contribution < -0.4 is 15.4 Å². The highest BCUT2D eigenvalue weighted by Crippen LogP contribution is 2.21. The van der Waals surface area contributed by atoms with Crippen LogP contribution in [-0.4, -0.2) is 38.5 Å². The van der Waals surface area contributed by atoms with Crippen molar-refractivity contribution < 1.29 is 31.9 Å². The summed E-state index contributed by atoms with van der Waals surface area (Å²) in [6.07, 6.45) is -1.33. The molecule has 3 N–H and O–H groups in total. The number of sulfonamides is 1. The predicted octanol–water partition coefficient (Wildman–Crippen LogP) is 2.41. The van der Waals surface area contributed by atoms with Gasteiger partial charge in [0, 0.05) is 6.04 Å². The molecule has 0 aromatic heterocycles. The number of urea groups is 1. The lowest BCUT2D eigenvalue weighted by molar-refractivity contribution is -0.127. The summed E-state index contributed by atoms with van der Waals surface area (Å²) < 4.78 is 45.4. The second-order valence-electron chi connectivity index (χ2n) is 6.77. The van der Waals surface area contributed by atoms with E-state index in [2.05, 4.69) is 10.0 Å². The number of hydrogen-bond acceptors (Lipinski definition) is 6. The van der Waals surface area contributed by atoms with Crippen LogP contribution in [0.15, 0.2) is 53.4 Å². The van der Waals surface area contributed by atoms with Crippen molar-refractivity contribution >= 4 is 33.6 Å². The van der Waals surface area contributed by atoms with Gasteiger partial charge in [-0.25, -0.2) is 22.4 Å². The number of imide groups is 1. The van der Waals surface area contributed by atoms with Crippen molar-refractivity contribution in [1.82, 2.24) is 10.6 Å². The number of rotatable bonds is 7. The molecule has 0 saturated carbocycles. The van der Waals surface area contributed by atoms with Gasteiger partial charge in [-0.2, -0.15) is 0 Å². The highest BCUT2D eigenvalue weighted by atomic mass is 32.2. The van der Waals surface area contributed by atoms with Gasteiger partial charge in [0.05, 0.1) is 16.1 Å². The predicted molar refractivity (Wildman–Crippen MR) is 110 cm³/mol. The van der Waals surface area contributed by atoms with E-state index >= 15 is 0 Å². The minimum absolute atomic E-state index is 0.0954. The first-order chi connectivity index (χ1) is 14.5. The summed E-state index contributed by atoms with van der Waals surface area (Å²) in [6, 6.07) is 8.80. The van der Waals surface area contributed by atoms with E-state index in [9.17, 15) is 27.2 Å². The van der Waals surface area contributed by atoms with Gasteiger partial charge in [-0.05, 0) is 57.2 Å². The highest BCUT2D eigenvalue weighted by molar-refractivity contribution is 7.92. The SMILES string of the molecule is CC(C)NC(=O)NC(=O)C(C)OC(=O)c1ccccc1NS(=O)(=O)c1ccc(F)cc1. The summed E-state index contributed by atoms with van der Waals surface area (Å²) in [5.41, 5.74) is -0.249. The van der Waals surface area contributed by atoms with Gasteiger partial charge in [0.1, 0.15) is 5.82 Å². The molecule has 2 aromatic carbocycles. The molecular formula is C20H22FN3O6S. The Morgan fingerprint density at radius 1 is 0.968 bits per heavy atom. The largest absolute Gasteiger partial charge is 0.449 e. The third kappa shape index (κ3) is 6.78. The van der Waals surface area contributed by atoms with Crippen LogP contribution in [0.4, 0.5) is 14.9 Å².